The molecule has 0 radical (unpaired) electrons. The minimum atomic E-state index is 0.800. The molecule has 0 amide bonds. The zero-order valence-electron chi connectivity index (χ0n) is 11.3. The van der Waals surface area contributed by atoms with Crippen LogP contribution in [0.4, 0.5) is 0 Å². The average Bonchev–Trinajstić information content (AvgIpc) is 2.33. The Balaban J connectivity index is 1.87. The maximum atomic E-state index is 2.54. The van der Waals surface area contributed by atoms with Gasteiger partial charge in [-0.3, -0.25) is 0 Å². The van der Waals surface area contributed by atoms with Gasteiger partial charge < -0.3 is 10.2 Å². The van der Waals surface area contributed by atoms with Gasteiger partial charge in [-0.05, 0) is 6.92 Å². The second-order valence-electron chi connectivity index (χ2n) is 5.75. The summed E-state index contributed by atoms with van der Waals surface area (Å²) in [5.41, 5.74) is 1.44. The first kappa shape index (κ1) is 12.6. The molecule has 1 unspecified atom stereocenters. The zero-order chi connectivity index (χ0) is 12.3. The summed E-state index contributed by atoms with van der Waals surface area (Å²) in [6.07, 6.45) is 1.35. The van der Waals surface area contributed by atoms with Crippen LogP contribution in [0, 0.1) is 5.92 Å². The van der Waals surface area contributed by atoms with E-state index in [1.165, 1.54) is 18.5 Å². The van der Waals surface area contributed by atoms with Gasteiger partial charge in [-0.2, -0.15) is 0 Å². The van der Waals surface area contributed by atoms with Gasteiger partial charge in [-0.25, -0.2) is 0 Å². The fourth-order valence-electron chi connectivity index (χ4n) is 2.93. The Hall–Kier alpha value is -0.860. The summed E-state index contributed by atoms with van der Waals surface area (Å²) in [6.45, 7) is 7.23. The van der Waals surface area contributed by atoms with Crippen LogP contribution in [0.1, 0.15) is 25.8 Å². The van der Waals surface area contributed by atoms with Crippen molar-refractivity contribution < 1.29 is 10.2 Å². The summed E-state index contributed by atoms with van der Waals surface area (Å²) >= 11 is 0. The molecular weight excluding hydrogens is 208 g/mol. The van der Waals surface area contributed by atoms with E-state index in [-0.39, 0.29) is 0 Å². The van der Waals surface area contributed by atoms with E-state index in [2.05, 4.69) is 56.5 Å². The third-order valence-electron chi connectivity index (χ3n) is 4.34. The SMILES string of the molecule is C[C@@H]1C[NH+](C)[C@@H](C)C[C@@H]1[NH2+]Cc1ccccc1. The molecule has 2 rings (SSSR count). The summed E-state index contributed by atoms with van der Waals surface area (Å²) in [4.78, 5) is 1.70. The number of piperidine rings is 1. The summed E-state index contributed by atoms with van der Waals surface area (Å²) in [5, 5.41) is 2.54. The standard InChI is InChI=1S/C15H24N2/c1-12-11-17(3)13(2)9-15(12)16-10-14-7-5-4-6-8-14/h4-8,12-13,15-16H,9-11H2,1-3H3/p+2/t12-,13+,15+/m1/s1. The highest BCUT2D eigenvalue weighted by atomic mass is 15.2. The van der Waals surface area contributed by atoms with E-state index in [1.54, 1.807) is 4.90 Å². The lowest BCUT2D eigenvalue weighted by atomic mass is 9.90. The van der Waals surface area contributed by atoms with Gasteiger partial charge in [0.05, 0.1) is 38.0 Å². The molecule has 2 heteroatoms. The molecule has 2 nitrogen and oxygen atoms in total. The molecule has 94 valence electrons. The fraction of sp³-hybridized carbons (Fsp3) is 0.600. The van der Waals surface area contributed by atoms with Crippen LogP contribution < -0.4 is 10.2 Å². The van der Waals surface area contributed by atoms with Crippen molar-refractivity contribution in [2.75, 3.05) is 13.6 Å². The summed E-state index contributed by atoms with van der Waals surface area (Å²) in [7, 11) is 2.33. The monoisotopic (exact) mass is 234 g/mol. The van der Waals surface area contributed by atoms with Crippen molar-refractivity contribution in [1.29, 1.82) is 0 Å². The molecule has 1 aliphatic heterocycles. The van der Waals surface area contributed by atoms with Crippen LogP contribution >= 0.6 is 0 Å². The summed E-state index contributed by atoms with van der Waals surface area (Å²) in [6, 6.07) is 12.4. The zero-order valence-corrected chi connectivity index (χ0v) is 11.3. The Morgan fingerprint density at radius 1 is 1.24 bits per heavy atom. The first-order valence-corrected chi connectivity index (χ1v) is 6.86. The lowest BCUT2D eigenvalue weighted by Gasteiger charge is -2.35. The third-order valence-corrected chi connectivity index (χ3v) is 4.34. The number of quaternary nitrogens is 2. The van der Waals surface area contributed by atoms with Crippen LogP contribution in [-0.2, 0) is 6.54 Å². The smallest absolute Gasteiger partial charge is 0.101 e. The highest BCUT2D eigenvalue weighted by molar-refractivity contribution is 5.13. The minimum Gasteiger partial charge on any atom is -0.339 e. The summed E-state index contributed by atoms with van der Waals surface area (Å²) in [5.74, 6) is 0.829. The minimum absolute atomic E-state index is 0.800. The van der Waals surface area contributed by atoms with Crippen molar-refractivity contribution in [3.05, 3.63) is 35.9 Å². The Bertz CT molecular complexity index is 336. The van der Waals surface area contributed by atoms with Gasteiger partial charge in [-0.15, -0.1) is 0 Å². The van der Waals surface area contributed by atoms with Crippen molar-refractivity contribution in [3.8, 4) is 0 Å². The third kappa shape index (κ3) is 3.30. The summed E-state index contributed by atoms with van der Waals surface area (Å²) < 4.78 is 0. The lowest BCUT2D eigenvalue weighted by Crippen LogP contribution is -3.16. The van der Waals surface area contributed by atoms with E-state index in [4.69, 9.17) is 0 Å². The Morgan fingerprint density at radius 2 is 1.94 bits per heavy atom. The fourth-order valence-corrected chi connectivity index (χ4v) is 2.93. The van der Waals surface area contributed by atoms with E-state index >= 15 is 0 Å². The highest BCUT2D eigenvalue weighted by Gasteiger charge is 2.34. The van der Waals surface area contributed by atoms with Gasteiger partial charge in [0.1, 0.15) is 6.54 Å². The number of nitrogens with one attached hydrogen (secondary N) is 1. The van der Waals surface area contributed by atoms with Crippen molar-refractivity contribution in [2.24, 2.45) is 5.92 Å². The van der Waals surface area contributed by atoms with Gasteiger partial charge in [0.15, 0.2) is 0 Å². The Morgan fingerprint density at radius 3 is 2.65 bits per heavy atom. The largest absolute Gasteiger partial charge is 0.339 e. The van der Waals surface area contributed by atoms with Gasteiger partial charge in [-0.1, -0.05) is 37.3 Å². The number of rotatable bonds is 3. The second kappa shape index (κ2) is 5.65. The molecule has 0 spiro atoms. The molecule has 1 aliphatic rings. The van der Waals surface area contributed by atoms with Gasteiger partial charge in [0, 0.05) is 5.56 Å². The van der Waals surface area contributed by atoms with Crippen molar-refractivity contribution >= 4 is 0 Å². The lowest BCUT2D eigenvalue weighted by molar-refractivity contribution is -0.923. The molecule has 0 aliphatic carbocycles. The van der Waals surface area contributed by atoms with E-state index < -0.39 is 0 Å². The van der Waals surface area contributed by atoms with E-state index in [0.29, 0.717) is 0 Å². The normalized spacial score (nSPS) is 33.6. The van der Waals surface area contributed by atoms with Gasteiger partial charge in [0.2, 0.25) is 0 Å². The molecule has 1 aromatic rings. The molecular formula is C15H26N2+2. The topological polar surface area (TPSA) is 21.1 Å². The number of likely N-dealkylation sites (tertiary alicyclic amines) is 1. The highest BCUT2D eigenvalue weighted by Crippen LogP contribution is 2.08. The second-order valence-corrected chi connectivity index (χ2v) is 5.75. The van der Waals surface area contributed by atoms with Crippen LogP contribution in [0.15, 0.2) is 30.3 Å². The number of hydrogen-bond acceptors (Lipinski definition) is 0. The predicted octanol–water partition coefficient (Wildman–Crippen LogP) is 0.0616. The van der Waals surface area contributed by atoms with Crippen LogP contribution in [-0.4, -0.2) is 25.7 Å². The quantitative estimate of drug-likeness (QED) is 0.738. The molecule has 0 saturated carbocycles. The van der Waals surface area contributed by atoms with Gasteiger partial charge in [0.25, 0.3) is 0 Å². The molecule has 17 heavy (non-hydrogen) atoms. The van der Waals surface area contributed by atoms with Crippen LogP contribution in [0.3, 0.4) is 0 Å². The first-order valence-electron chi connectivity index (χ1n) is 6.86. The molecule has 1 fully saturated rings. The predicted molar refractivity (Wildman–Crippen MR) is 70.9 cm³/mol. The molecule has 4 atom stereocenters. The van der Waals surface area contributed by atoms with Crippen molar-refractivity contribution in [3.63, 3.8) is 0 Å². The molecule has 3 N–H and O–H groups in total. The van der Waals surface area contributed by atoms with Crippen molar-refractivity contribution in [2.45, 2.75) is 38.9 Å². The number of benzene rings is 1. The Kier molecular flexibility index (Phi) is 4.19. The molecule has 1 aromatic carbocycles. The molecule has 0 aromatic heterocycles. The van der Waals surface area contributed by atoms with Crippen LogP contribution in [0.2, 0.25) is 0 Å². The van der Waals surface area contributed by atoms with E-state index in [0.717, 1.165) is 24.5 Å². The van der Waals surface area contributed by atoms with E-state index in [1.807, 2.05) is 0 Å². The van der Waals surface area contributed by atoms with Crippen LogP contribution in [0.5, 0.6) is 0 Å². The maximum absolute atomic E-state index is 2.54. The van der Waals surface area contributed by atoms with Crippen molar-refractivity contribution in [1.82, 2.24) is 0 Å². The molecule has 1 saturated heterocycles. The van der Waals surface area contributed by atoms with E-state index in [9.17, 15) is 0 Å². The Labute approximate surface area is 105 Å². The molecule has 0 bridgehead atoms. The van der Waals surface area contributed by atoms with Crippen LogP contribution in [0.25, 0.3) is 0 Å². The number of nitrogens with two attached hydrogens (primary N) is 1. The van der Waals surface area contributed by atoms with Gasteiger partial charge >= 0.3 is 0 Å². The first-order chi connectivity index (χ1) is 8.16. The average molecular weight is 234 g/mol. The number of hydrogen-bond donors (Lipinski definition) is 2. The molecule has 1 heterocycles. The maximum Gasteiger partial charge on any atom is 0.101 e.